The Morgan fingerprint density at radius 2 is 1.76 bits per heavy atom. The van der Waals surface area contributed by atoms with Crippen molar-refractivity contribution in [2.24, 2.45) is 5.14 Å². The van der Waals surface area contributed by atoms with Crippen molar-refractivity contribution in [3.63, 3.8) is 0 Å². The topological polar surface area (TPSA) is 88.8 Å². The number of hydrogen-bond acceptors (Lipinski definition) is 3. The molecule has 0 aliphatic heterocycles. The third kappa shape index (κ3) is 4.21. The Kier molecular flexibility index (Phi) is 5.19. The number of primary sulfonamides is 1. The molecule has 0 bridgehead atoms. The number of nitrogens with two attached hydrogens (primary N) is 1. The summed E-state index contributed by atoms with van der Waals surface area (Å²) >= 11 is 12.1. The number of imidazole rings is 1. The summed E-state index contributed by atoms with van der Waals surface area (Å²) in [5.41, 5.74) is 3.59. The molecular weight excluding hydrogens is 429 g/mol. The Labute approximate surface area is 177 Å². The average Bonchev–Trinajstić information content (AvgIpc) is 3.08. The Hall–Kier alpha value is -2.64. The number of nitrogens with one attached hydrogen (secondary N) is 1. The Morgan fingerprint density at radius 3 is 2.52 bits per heavy atom. The van der Waals surface area contributed by atoms with Crippen molar-refractivity contribution in [2.75, 3.05) is 0 Å². The fourth-order valence-electron chi connectivity index (χ4n) is 3.03. The van der Waals surface area contributed by atoms with Gasteiger partial charge < -0.3 is 4.98 Å². The Bertz CT molecular complexity index is 1360. The first kappa shape index (κ1) is 19.7. The summed E-state index contributed by atoms with van der Waals surface area (Å²) in [5, 5.41) is 6.47. The standard InChI is InChI=1S/C21H15Cl2N3O2S/c22-15-8-5-13(17(23)12-15)7-10-21-25-18-9-6-14(11-19(18)26-21)16-3-1-2-4-20(16)29(24,27)28/h1-12H,(H,25,26)(H2,24,27,28)/b10-7+. The van der Waals surface area contributed by atoms with E-state index in [9.17, 15) is 8.42 Å². The Balaban J connectivity index is 1.72. The van der Waals surface area contributed by atoms with Gasteiger partial charge in [-0.3, -0.25) is 0 Å². The summed E-state index contributed by atoms with van der Waals surface area (Å²) < 4.78 is 23.8. The van der Waals surface area contributed by atoms with Crippen LogP contribution < -0.4 is 5.14 Å². The van der Waals surface area contributed by atoms with Gasteiger partial charge in [0.1, 0.15) is 5.82 Å². The zero-order valence-electron chi connectivity index (χ0n) is 14.9. The molecule has 4 rings (SSSR count). The number of aromatic nitrogens is 2. The minimum absolute atomic E-state index is 0.0763. The molecule has 0 aliphatic rings. The van der Waals surface area contributed by atoms with Crippen LogP contribution in [0.15, 0.2) is 65.6 Å². The van der Waals surface area contributed by atoms with E-state index in [0.717, 1.165) is 11.1 Å². The number of benzene rings is 3. The van der Waals surface area contributed by atoms with Crippen LogP contribution in [0.3, 0.4) is 0 Å². The van der Waals surface area contributed by atoms with Gasteiger partial charge in [-0.2, -0.15) is 0 Å². The SMILES string of the molecule is NS(=O)(=O)c1ccccc1-c1ccc2[nH]c(/C=C/c3ccc(Cl)cc3Cl)nc2c1. The van der Waals surface area contributed by atoms with E-state index in [1.807, 2.05) is 36.4 Å². The molecule has 29 heavy (non-hydrogen) atoms. The van der Waals surface area contributed by atoms with E-state index in [0.29, 0.717) is 32.5 Å². The molecular formula is C21H15Cl2N3O2S. The van der Waals surface area contributed by atoms with E-state index >= 15 is 0 Å². The van der Waals surface area contributed by atoms with Crippen LogP contribution in [0.2, 0.25) is 10.0 Å². The van der Waals surface area contributed by atoms with Gasteiger partial charge in [0.2, 0.25) is 10.0 Å². The largest absolute Gasteiger partial charge is 0.338 e. The summed E-state index contributed by atoms with van der Waals surface area (Å²) in [6.45, 7) is 0. The highest BCUT2D eigenvalue weighted by molar-refractivity contribution is 7.89. The fraction of sp³-hybridized carbons (Fsp3) is 0. The minimum atomic E-state index is -3.84. The van der Waals surface area contributed by atoms with E-state index in [1.165, 1.54) is 6.07 Å². The van der Waals surface area contributed by atoms with Crippen LogP contribution in [-0.2, 0) is 10.0 Å². The molecule has 8 heteroatoms. The summed E-state index contributed by atoms with van der Waals surface area (Å²) in [4.78, 5) is 7.85. The predicted molar refractivity (Wildman–Crippen MR) is 118 cm³/mol. The normalized spacial score (nSPS) is 12.1. The molecule has 0 saturated carbocycles. The third-order valence-electron chi connectivity index (χ3n) is 4.39. The smallest absolute Gasteiger partial charge is 0.238 e. The van der Waals surface area contributed by atoms with Crippen LogP contribution in [0.4, 0.5) is 0 Å². The number of rotatable bonds is 4. The number of halogens is 2. The van der Waals surface area contributed by atoms with Crippen LogP contribution in [0.5, 0.6) is 0 Å². The number of fused-ring (bicyclic) bond motifs is 1. The van der Waals surface area contributed by atoms with Gasteiger partial charge in [-0.05, 0) is 53.6 Å². The molecule has 146 valence electrons. The van der Waals surface area contributed by atoms with Gasteiger partial charge in [-0.25, -0.2) is 18.5 Å². The summed E-state index contributed by atoms with van der Waals surface area (Å²) in [6, 6.07) is 17.4. The summed E-state index contributed by atoms with van der Waals surface area (Å²) in [7, 11) is -3.84. The van der Waals surface area contributed by atoms with E-state index in [1.54, 1.807) is 30.3 Å². The molecule has 0 spiro atoms. The molecule has 0 atom stereocenters. The van der Waals surface area contributed by atoms with E-state index in [4.69, 9.17) is 28.3 Å². The highest BCUT2D eigenvalue weighted by Crippen LogP contribution is 2.29. The van der Waals surface area contributed by atoms with Crippen LogP contribution in [0.1, 0.15) is 11.4 Å². The number of H-pyrrole nitrogens is 1. The third-order valence-corrected chi connectivity index (χ3v) is 5.92. The quantitative estimate of drug-likeness (QED) is 0.445. The van der Waals surface area contributed by atoms with Crippen molar-refractivity contribution in [1.29, 1.82) is 0 Å². The lowest BCUT2D eigenvalue weighted by molar-refractivity contribution is 0.598. The highest BCUT2D eigenvalue weighted by atomic mass is 35.5. The number of hydrogen-bond donors (Lipinski definition) is 2. The monoisotopic (exact) mass is 443 g/mol. The molecule has 1 aromatic heterocycles. The first-order chi connectivity index (χ1) is 13.8. The molecule has 1 heterocycles. The zero-order valence-corrected chi connectivity index (χ0v) is 17.3. The lowest BCUT2D eigenvalue weighted by atomic mass is 10.1. The predicted octanol–water partition coefficient (Wildman–Crippen LogP) is 5.35. The first-order valence-electron chi connectivity index (χ1n) is 8.56. The maximum absolute atomic E-state index is 11.9. The van der Waals surface area contributed by atoms with Gasteiger partial charge in [-0.15, -0.1) is 0 Å². The van der Waals surface area contributed by atoms with Crippen LogP contribution in [0.25, 0.3) is 34.3 Å². The molecule has 0 fully saturated rings. The van der Waals surface area contributed by atoms with Crippen molar-refractivity contribution < 1.29 is 8.42 Å². The van der Waals surface area contributed by atoms with Crippen LogP contribution in [-0.4, -0.2) is 18.4 Å². The molecule has 5 nitrogen and oxygen atoms in total. The molecule has 3 N–H and O–H groups in total. The summed E-state index contributed by atoms with van der Waals surface area (Å²) in [6.07, 6.45) is 3.65. The molecule has 3 aromatic carbocycles. The van der Waals surface area contributed by atoms with E-state index in [2.05, 4.69) is 9.97 Å². The maximum atomic E-state index is 11.9. The molecule has 0 aliphatic carbocycles. The maximum Gasteiger partial charge on any atom is 0.238 e. The molecule has 0 radical (unpaired) electrons. The molecule has 4 aromatic rings. The van der Waals surface area contributed by atoms with Gasteiger partial charge in [0, 0.05) is 15.6 Å². The lowest BCUT2D eigenvalue weighted by Gasteiger charge is -2.07. The number of nitrogens with zero attached hydrogens (tertiary/aromatic N) is 1. The molecule has 0 amide bonds. The molecule has 0 saturated heterocycles. The van der Waals surface area contributed by atoms with Crippen molar-refractivity contribution in [3.05, 3.63) is 82.1 Å². The van der Waals surface area contributed by atoms with E-state index < -0.39 is 10.0 Å². The van der Waals surface area contributed by atoms with Gasteiger partial charge in [0.15, 0.2) is 0 Å². The van der Waals surface area contributed by atoms with Crippen molar-refractivity contribution in [3.8, 4) is 11.1 Å². The average molecular weight is 444 g/mol. The van der Waals surface area contributed by atoms with Gasteiger partial charge in [0.25, 0.3) is 0 Å². The number of aromatic amines is 1. The number of sulfonamides is 1. The second kappa shape index (κ2) is 7.65. The van der Waals surface area contributed by atoms with Crippen LogP contribution >= 0.6 is 23.2 Å². The first-order valence-corrected chi connectivity index (χ1v) is 10.9. The minimum Gasteiger partial charge on any atom is -0.338 e. The highest BCUT2D eigenvalue weighted by Gasteiger charge is 2.15. The second-order valence-electron chi connectivity index (χ2n) is 6.39. The summed E-state index contributed by atoms with van der Waals surface area (Å²) in [5.74, 6) is 0.642. The Morgan fingerprint density at radius 1 is 0.966 bits per heavy atom. The van der Waals surface area contributed by atoms with Crippen molar-refractivity contribution in [2.45, 2.75) is 4.90 Å². The molecule has 0 unspecified atom stereocenters. The zero-order chi connectivity index (χ0) is 20.6. The van der Waals surface area contributed by atoms with Crippen molar-refractivity contribution >= 4 is 56.4 Å². The van der Waals surface area contributed by atoms with Crippen molar-refractivity contribution in [1.82, 2.24) is 9.97 Å². The second-order valence-corrected chi connectivity index (χ2v) is 8.77. The van der Waals surface area contributed by atoms with Gasteiger partial charge >= 0.3 is 0 Å². The van der Waals surface area contributed by atoms with E-state index in [-0.39, 0.29) is 4.90 Å². The van der Waals surface area contributed by atoms with Gasteiger partial charge in [0.05, 0.1) is 15.9 Å². The van der Waals surface area contributed by atoms with Crippen LogP contribution in [0, 0.1) is 0 Å². The lowest BCUT2D eigenvalue weighted by Crippen LogP contribution is -2.13. The fourth-order valence-corrected chi connectivity index (χ4v) is 4.26. The van der Waals surface area contributed by atoms with Gasteiger partial charge in [-0.1, -0.05) is 53.5 Å².